The normalized spacial score (nSPS) is 38.0. The lowest BCUT2D eigenvalue weighted by Crippen LogP contribution is -2.54. The van der Waals surface area contributed by atoms with E-state index in [1.54, 1.807) is 0 Å². The summed E-state index contributed by atoms with van der Waals surface area (Å²) in [5, 5.41) is 18.9. The summed E-state index contributed by atoms with van der Waals surface area (Å²) in [5.41, 5.74) is 0. The fraction of sp³-hybridized carbons (Fsp3) is 1.00. The molecular weight excluding hydrogens is 298 g/mol. The van der Waals surface area contributed by atoms with Gasteiger partial charge in [-0.05, 0) is 45.2 Å². The van der Waals surface area contributed by atoms with Crippen molar-refractivity contribution in [1.29, 1.82) is 0 Å². The van der Waals surface area contributed by atoms with Crippen LogP contribution in [0, 0.1) is 0 Å². The molecule has 4 atom stereocenters. The van der Waals surface area contributed by atoms with E-state index in [9.17, 15) is 0 Å². The van der Waals surface area contributed by atoms with E-state index in [1.807, 2.05) is 0 Å². The van der Waals surface area contributed by atoms with Crippen molar-refractivity contribution in [3.05, 3.63) is 0 Å². The van der Waals surface area contributed by atoms with E-state index >= 15 is 0 Å². The molecule has 3 fully saturated rings. The van der Waals surface area contributed by atoms with Crippen molar-refractivity contribution in [3.8, 4) is 0 Å². The topological polar surface area (TPSA) is 60.1 Å². The first-order valence-electron chi connectivity index (χ1n) is 10.6. The van der Waals surface area contributed by atoms with Crippen LogP contribution < -0.4 is 26.6 Å². The van der Waals surface area contributed by atoms with Gasteiger partial charge in [-0.15, -0.1) is 0 Å². The minimum atomic E-state index is 0.661. The standard InChI is InChI=1S/C19H39N5/c1-2-7-17-16(6-1)21-11-5-10-20-12-13-22-18-8-3-4-9-19(18)24-15-14-23-17/h16-24H,1-15H2/t16?,17?,18-,19-/m1/s1. The third kappa shape index (κ3) is 5.95. The molecule has 5 N–H and O–H groups in total. The second-order valence-corrected chi connectivity index (χ2v) is 7.91. The van der Waals surface area contributed by atoms with Crippen LogP contribution in [0.5, 0.6) is 0 Å². The SMILES string of the molecule is C1CNCCN[C@@H]2CCCC[C@H]2NCCNC2CCCCC2NC1. The van der Waals surface area contributed by atoms with Crippen molar-refractivity contribution in [1.82, 2.24) is 26.6 Å². The second kappa shape index (κ2) is 10.7. The van der Waals surface area contributed by atoms with Crippen molar-refractivity contribution < 1.29 is 0 Å². The van der Waals surface area contributed by atoms with E-state index in [0.717, 1.165) is 39.3 Å². The Bertz CT molecular complexity index is 306. The Morgan fingerprint density at radius 1 is 0.375 bits per heavy atom. The molecule has 0 spiro atoms. The molecule has 3 rings (SSSR count). The Labute approximate surface area is 148 Å². The van der Waals surface area contributed by atoms with Gasteiger partial charge in [0.15, 0.2) is 0 Å². The molecular formula is C19H39N5. The molecule has 0 aromatic heterocycles. The van der Waals surface area contributed by atoms with E-state index in [-0.39, 0.29) is 0 Å². The van der Waals surface area contributed by atoms with Gasteiger partial charge in [0.2, 0.25) is 0 Å². The van der Waals surface area contributed by atoms with Crippen molar-refractivity contribution in [2.75, 3.05) is 39.3 Å². The molecule has 1 saturated heterocycles. The zero-order valence-corrected chi connectivity index (χ0v) is 15.4. The molecule has 140 valence electrons. The largest absolute Gasteiger partial charge is 0.315 e. The van der Waals surface area contributed by atoms with Gasteiger partial charge in [0.1, 0.15) is 0 Å². The molecule has 3 aliphatic rings. The molecule has 0 aromatic carbocycles. The lowest BCUT2D eigenvalue weighted by Gasteiger charge is -2.35. The van der Waals surface area contributed by atoms with Gasteiger partial charge < -0.3 is 26.6 Å². The van der Waals surface area contributed by atoms with E-state index in [1.165, 1.54) is 57.8 Å². The van der Waals surface area contributed by atoms with Gasteiger partial charge in [-0.1, -0.05) is 25.7 Å². The quantitative estimate of drug-likeness (QED) is 0.456. The molecule has 0 bridgehead atoms. The van der Waals surface area contributed by atoms with Crippen molar-refractivity contribution in [2.24, 2.45) is 0 Å². The van der Waals surface area contributed by atoms with Crippen LogP contribution in [0.4, 0.5) is 0 Å². The molecule has 0 aromatic rings. The predicted molar refractivity (Wildman–Crippen MR) is 102 cm³/mol. The summed E-state index contributed by atoms with van der Waals surface area (Å²) in [6.45, 7) is 6.67. The smallest absolute Gasteiger partial charge is 0.0221 e. The number of hydrogen-bond acceptors (Lipinski definition) is 5. The Morgan fingerprint density at radius 2 is 0.792 bits per heavy atom. The van der Waals surface area contributed by atoms with Crippen molar-refractivity contribution in [2.45, 2.75) is 82.0 Å². The summed E-state index contributed by atoms with van der Waals surface area (Å²) >= 11 is 0. The van der Waals surface area contributed by atoms with Crippen LogP contribution in [0.1, 0.15) is 57.8 Å². The van der Waals surface area contributed by atoms with Crippen molar-refractivity contribution in [3.63, 3.8) is 0 Å². The number of hydrogen-bond donors (Lipinski definition) is 5. The van der Waals surface area contributed by atoms with E-state index in [0.29, 0.717) is 24.2 Å². The van der Waals surface area contributed by atoms with Crippen LogP contribution in [-0.4, -0.2) is 63.4 Å². The highest BCUT2D eigenvalue weighted by Crippen LogP contribution is 2.19. The fourth-order valence-electron chi connectivity index (χ4n) is 4.73. The first kappa shape index (κ1) is 18.6. The van der Waals surface area contributed by atoms with Gasteiger partial charge in [-0.2, -0.15) is 0 Å². The lowest BCUT2D eigenvalue weighted by molar-refractivity contribution is 0.264. The molecule has 1 aliphatic heterocycles. The molecule has 1 heterocycles. The zero-order chi connectivity index (χ0) is 16.5. The lowest BCUT2D eigenvalue weighted by atomic mass is 9.89. The summed E-state index contributed by atoms with van der Waals surface area (Å²) in [6.07, 6.45) is 12.1. The molecule has 5 nitrogen and oxygen atoms in total. The summed E-state index contributed by atoms with van der Waals surface area (Å²) < 4.78 is 0. The highest BCUT2D eigenvalue weighted by Gasteiger charge is 2.25. The zero-order valence-electron chi connectivity index (χ0n) is 15.4. The van der Waals surface area contributed by atoms with E-state index in [2.05, 4.69) is 26.6 Å². The number of rotatable bonds is 0. The maximum absolute atomic E-state index is 3.84. The van der Waals surface area contributed by atoms with Crippen LogP contribution in [0.25, 0.3) is 0 Å². The van der Waals surface area contributed by atoms with Gasteiger partial charge in [0, 0.05) is 50.3 Å². The highest BCUT2D eigenvalue weighted by molar-refractivity contribution is 4.89. The van der Waals surface area contributed by atoms with Crippen LogP contribution >= 0.6 is 0 Å². The van der Waals surface area contributed by atoms with E-state index in [4.69, 9.17) is 0 Å². The molecule has 0 radical (unpaired) electrons. The molecule has 2 saturated carbocycles. The predicted octanol–water partition coefficient (Wildman–Crippen LogP) is 0.961. The number of fused-ring (bicyclic) bond motifs is 2. The Kier molecular flexibility index (Phi) is 8.30. The average molecular weight is 338 g/mol. The molecule has 2 unspecified atom stereocenters. The number of nitrogens with one attached hydrogen (secondary N) is 5. The summed E-state index contributed by atoms with van der Waals surface area (Å²) in [7, 11) is 0. The van der Waals surface area contributed by atoms with Crippen LogP contribution in [0.2, 0.25) is 0 Å². The minimum absolute atomic E-state index is 0.661. The van der Waals surface area contributed by atoms with Crippen molar-refractivity contribution >= 4 is 0 Å². The first-order valence-corrected chi connectivity index (χ1v) is 10.6. The van der Waals surface area contributed by atoms with Gasteiger partial charge in [0.05, 0.1) is 0 Å². The molecule has 2 aliphatic carbocycles. The fourth-order valence-corrected chi connectivity index (χ4v) is 4.73. The van der Waals surface area contributed by atoms with Crippen LogP contribution in [0.15, 0.2) is 0 Å². The third-order valence-electron chi connectivity index (χ3n) is 6.12. The maximum Gasteiger partial charge on any atom is 0.0221 e. The maximum atomic E-state index is 3.84. The Hall–Kier alpha value is -0.200. The average Bonchev–Trinajstić information content (AvgIpc) is 2.62. The third-order valence-corrected chi connectivity index (χ3v) is 6.12. The second-order valence-electron chi connectivity index (χ2n) is 7.91. The monoisotopic (exact) mass is 337 g/mol. The first-order chi connectivity index (χ1) is 11.9. The molecule has 5 heteroatoms. The highest BCUT2D eigenvalue weighted by atomic mass is 15.1. The van der Waals surface area contributed by atoms with Crippen LogP contribution in [-0.2, 0) is 0 Å². The summed E-state index contributed by atoms with van der Waals surface area (Å²) in [4.78, 5) is 0. The van der Waals surface area contributed by atoms with Crippen LogP contribution in [0.3, 0.4) is 0 Å². The Balaban J connectivity index is 1.50. The van der Waals surface area contributed by atoms with Gasteiger partial charge in [0.25, 0.3) is 0 Å². The summed E-state index contributed by atoms with van der Waals surface area (Å²) in [6, 6.07) is 2.67. The van der Waals surface area contributed by atoms with Gasteiger partial charge in [-0.25, -0.2) is 0 Å². The summed E-state index contributed by atoms with van der Waals surface area (Å²) in [5.74, 6) is 0. The molecule has 0 amide bonds. The Morgan fingerprint density at radius 3 is 1.29 bits per heavy atom. The van der Waals surface area contributed by atoms with E-state index < -0.39 is 0 Å². The molecule has 24 heavy (non-hydrogen) atoms. The van der Waals surface area contributed by atoms with Gasteiger partial charge >= 0.3 is 0 Å². The minimum Gasteiger partial charge on any atom is -0.315 e. The van der Waals surface area contributed by atoms with Gasteiger partial charge in [-0.3, -0.25) is 0 Å².